The first-order valence-electron chi connectivity index (χ1n) is 13.9. The zero-order chi connectivity index (χ0) is 31.2. The molecule has 0 aliphatic heterocycles. The Morgan fingerprint density at radius 1 is 0.907 bits per heavy atom. The van der Waals surface area contributed by atoms with Crippen LogP contribution in [0.25, 0.3) is 5.69 Å². The minimum absolute atomic E-state index is 0.248. The van der Waals surface area contributed by atoms with Gasteiger partial charge >= 0.3 is 11.9 Å². The maximum absolute atomic E-state index is 14.9. The zero-order valence-corrected chi connectivity index (χ0v) is 25.0. The van der Waals surface area contributed by atoms with Gasteiger partial charge in [-0.1, -0.05) is 84.9 Å². The molecule has 0 amide bonds. The molecule has 1 heterocycles. The molecular formula is C35H35N3O5. The second kappa shape index (κ2) is 12.8. The summed E-state index contributed by atoms with van der Waals surface area (Å²) in [5, 5.41) is 10.7. The number of carbonyl (C=O) groups excluding carboxylic acids is 2. The summed E-state index contributed by atoms with van der Waals surface area (Å²) in [5.41, 5.74) is 0.0948. The number of para-hydroxylation sites is 1. The fourth-order valence-corrected chi connectivity index (χ4v) is 5.51. The number of esters is 2. The summed E-state index contributed by atoms with van der Waals surface area (Å²) >= 11 is 0. The third-order valence-electron chi connectivity index (χ3n) is 7.18. The van der Waals surface area contributed by atoms with Crippen LogP contribution in [0.3, 0.4) is 0 Å². The number of hydrogen-bond donors (Lipinski definition) is 0. The first-order valence-corrected chi connectivity index (χ1v) is 13.9. The van der Waals surface area contributed by atoms with Crippen LogP contribution in [0, 0.1) is 24.2 Å². The minimum atomic E-state index is -1.39. The maximum Gasteiger partial charge on any atom is 0.330 e. The van der Waals surface area contributed by atoms with Crippen LogP contribution in [-0.2, 0) is 31.0 Å². The maximum atomic E-state index is 14.9. The highest BCUT2D eigenvalue weighted by Crippen LogP contribution is 2.46. The Morgan fingerprint density at radius 3 is 1.88 bits per heavy atom. The van der Waals surface area contributed by atoms with E-state index in [1.807, 2.05) is 66.7 Å². The number of benzene rings is 3. The number of allylic oxidation sites excluding steroid dienone is 1. The number of carbonyl (C=O) groups is 2. The first-order chi connectivity index (χ1) is 20.5. The smallest absolute Gasteiger partial charge is 0.330 e. The third kappa shape index (κ3) is 6.21. The van der Waals surface area contributed by atoms with E-state index >= 15 is 0 Å². The zero-order valence-electron chi connectivity index (χ0n) is 25.0. The molecule has 1 atom stereocenters. The number of methoxy groups -OCH3 is 1. The van der Waals surface area contributed by atoms with Crippen molar-refractivity contribution in [2.24, 2.45) is 5.92 Å². The Labute approximate surface area is 251 Å². The predicted octanol–water partition coefficient (Wildman–Crippen LogP) is 5.49. The monoisotopic (exact) mass is 577 g/mol. The Hall–Kier alpha value is -5.16. The quantitative estimate of drug-likeness (QED) is 0.192. The molecule has 8 heteroatoms. The SMILES string of the molecule is COC(=O)/C=C\C(C#N)C(c1ccccc1)(c1ccccc1)c1c(C)n(CC(=O)OC(C)(C)C)n(-c2ccccc2)c1=O. The molecule has 8 nitrogen and oxygen atoms in total. The standard InChI is InChI=1S/C35H35N3O5/c1-25-32(33(41)38(29-19-13-8-14-20-29)37(25)24-31(40)43-34(2,3)4)35(26-15-9-6-10-16-26,27-17-11-7-12-18-27)28(23-36)21-22-30(39)42-5/h6-22,28H,24H2,1-5H3/b22-21-. The molecule has 220 valence electrons. The fraction of sp³-hybridized carbons (Fsp3) is 0.257. The van der Waals surface area contributed by atoms with Crippen molar-refractivity contribution >= 4 is 11.9 Å². The molecule has 0 saturated carbocycles. The Morgan fingerprint density at radius 2 is 1.42 bits per heavy atom. The number of hydrogen-bond acceptors (Lipinski definition) is 6. The molecular weight excluding hydrogens is 542 g/mol. The molecule has 0 aliphatic rings. The van der Waals surface area contributed by atoms with Crippen molar-refractivity contribution in [2.75, 3.05) is 7.11 Å². The van der Waals surface area contributed by atoms with E-state index in [0.29, 0.717) is 28.1 Å². The molecule has 0 fully saturated rings. The van der Waals surface area contributed by atoms with Crippen LogP contribution < -0.4 is 5.56 Å². The van der Waals surface area contributed by atoms with Gasteiger partial charge in [0.2, 0.25) is 0 Å². The van der Waals surface area contributed by atoms with Gasteiger partial charge in [-0.25, -0.2) is 9.48 Å². The van der Waals surface area contributed by atoms with Crippen molar-refractivity contribution in [1.82, 2.24) is 9.36 Å². The highest BCUT2D eigenvalue weighted by Gasteiger charge is 2.48. The van der Waals surface area contributed by atoms with Crippen LogP contribution in [0.1, 0.15) is 43.2 Å². The number of rotatable bonds is 9. The minimum Gasteiger partial charge on any atom is -0.466 e. The van der Waals surface area contributed by atoms with E-state index in [1.54, 1.807) is 56.6 Å². The lowest BCUT2D eigenvalue weighted by atomic mass is 9.62. The van der Waals surface area contributed by atoms with E-state index in [4.69, 9.17) is 9.47 Å². The van der Waals surface area contributed by atoms with Crippen molar-refractivity contribution in [3.63, 3.8) is 0 Å². The number of aromatic nitrogens is 2. The van der Waals surface area contributed by atoms with Crippen molar-refractivity contribution < 1.29 is 19.1 Å². The van der Waals surface area contributed by atoms with E-state index in [9.17, 15) is 19.6 Å². The molecule has 0 radical (unpaired) electrons. The molecule has 43 heavy (non-hydrogen) atoms. The molecule has 4 rings (SSSR count). The second-order valence-corrected chi connectivity index (χ2v) is 11.1. The lowest BCUT2D eigenvalue weighted by molar-refractivity contribution is -0.156. The average Bonchev–Trinajstić information content (AvgIpc) is 3.24. The summed E-state index contributed by atoms with van der Waals surface area (Å²) in [6.45, 7) is 6.86. The Bertz CT molecular complexity index is 1670. The van der Waals surface area contributed by atoms with Crippen molar-refractivity contribution in [3.05, 3.63) is 136 Å². The molecule has 4 aromatic rings. The molecule has 0 saturated heterocycles. The Balaban J connectivity index is 2.17. The largest absolute Gasteiger partial charge is 0.466 e. The van der Waals surface area contributed by atoms with Gasteiger partial charge in [-0.05, 0) is 51.0 Å². The van der Waals surface area contributed by atoms with Crippen LogP contribution in [0.2, 0.25) is 0 Å². The van der Waals surface area contributed by atoms with Gasteiger partial charge < -0.3 is 9.47 Å². The molecule has 0 aliphatic carbocycles. The van der Waals surface area contributed by atoms with Gasteiger partial charge in [0.15, 0.2) is 0 Å². The summed E-state index contributed by atoms with van der Waals surface area (Å²) in [6.07, 6.45) is 2.68. The Kier molecular flexibility index (Phi) is 9.15. The van der Waals surface area contributed by atoms with Gasteiger partial charge in [-0.15, -0.1) is 0 Å². The van der Waals surface area contributed by atoms with Gasteiger partial charge in [0.05, 0.1) is 35.8 Å². The fourth-order valence-electron chi connectivity index (χ4n) is 5.51. The van der Waals surface area contributed by atoms with E-state index in [-0.39, 0.29) is 6.54 Å². The summed E-state index contributed by atoms with van der Waals surface area (Å²) in [6, 6.07) is 29.9. The summed E-state index contributed by atoms with van der Waals surface area (Å²) in [4.78, 5) is 40.3. The molecule has 0 bridgehead atoms. The van der Waals surface area contributed by atoms with Crippen molar-refractivity contribution in [3.8, 4) is 11.8 Å². The predicted molar refractivity (Wildman–Crippen MR) is 164 cm³/mol. The topological polar surface area (TPSA) is 103 Å². The third-order valence-corrected chi connectivity index (χ3v) is 7.18. The van der Waals surface area contributed by atoms with E-state index in [1.165, 1.54) is 23.9 Å². The normalized spacial score (nSPS) is 12.5. The molecule has 0 N–H and O–H groups in total. The lowest BCUT2D eigenvalue weighted by Crippen LogP contribution is -2.41. The van der Waals surface area contributed by atoms with E-state index in [2.05, 4.69) is 6.07 Å². The number of nitriles is 1. The van der Waals surface area contributed by atoms with Crippen molar-refractivity contribution in [2.45, 2.75) is 45.3 Å². The van der Waals surface area contributed by atoms with Crippen LogP contribution in [0.15, 0.2) is 108 Å². The van der Waals surface area contributed by atoms with Crippen LogP contribution in [0.4, 0.5) is 0 Å². The number of ether oxygens (including phenoxy) is 2. The van der Waals surface area contributed by atoms with Gasteiger partial charge in [0, 0.05) is 11.8 Å². The van der Waals surface area contributed by atoms with E-state index < -0.39 is 34.4 Å². The molecule has 3 aromatic carbocycles. The van der Waals surface area contributed by atoms with Crippen molar-refractivity contribution in [1.29, 1.82) is 5.26 Å². The summed E-state index contributed by atoms with van der Waals surface area (Å²) < 4.78 is 13.5. The lowest BCUT2D eigenvalue weighted by Gasteiger charge is -2.37. The van der Waals surface area contributed by atoms with Crippen LogP contribution in [0.5, 0.6) is 0 Å². The summed E-state index contributed by atoms with van der Waals surface area (Å²) in [7, 11) is 1.26. The highest BCUT2D eigenvalue weighted by molar-refractivity contribution is 5.82. The van der Waals surface area contributed by atoms with Crippen LogP contribution >= 0.6 is 0 Å². The van der Waals surface area contributed by atoms with Gasteiger partial charge in [0.25, 0.3) is 5.56 Å². The van der Waals surface area contributed by atoms with Gasteiger partial charge in [0.1, 0.15) is 12.1 Å². The molecule has 0 spiro atoms. The average molecular weight is 578 g/mol. The van der Waals surface area contributed by atoms with E-state index in [0.717, 1.165) is 0 Å². The molecule has 1 aromatic heterocycles. The first kappa shape index (κ1) is 30.8. The molecule has 1 unspecified atom stereocenters. The highest BCUT2D eigenvalue weighted by atomic mass is 16.6. The van der Waals surface area contributed by atoms with Crippen LogP contribution in [-0.4, -0.2) is 34.0 Å². The van der Waals surface area contributed by atoms with Gasteiger partial charge in [-0.3, -0.25) is 14.3 Å². The second-order valence-electron chi connectivity index (χ2n) is 11.1. The number of nitrogens with zero attached hydrogens (tertiary/aromatic N) is 3. The summed E-state index contributed by atoms with van der Waals surface area (Å²) in [5.74, 6) is -2.19. The van der Waals surface area contributed by atoms with Gasteiger partial charge in [-0.2, -0.15) is 5.26 Å².